The van der Waals surface area contributed by atoms with Gasteiger partial charge in [-0.05, 0) is 12.3 Å². The summed E-state index contributed by atoms with van der Waals surface area (Å²) in [6.45, 7) is 2.97. The molecule has 0 spiro atoms. The van der Waals surface area contributed by atoms with Gasteiger partial charge in [0.15, 0.2) is 5.16 Å². The van der Waals surface area contributed by atoms with Gasteiger partial charge < -0.3 is 9.67 Å². The molecule has 2 rings (SSSR count). The van der Waals surface area contributed by atoms with E-state index in [1.807, 2.05) is 0 Å². The van der Waals surface area contributed by atoms with Crippen molar-refractivity contribution < 1.29 is 9.90 Å². The van der Waals surface area contributed by atoms with E-state index in [0.29, 0.717) is 0 Å². The van der Waals surface area contributed by atoms with Gasteiger partial charge in [0.25, 0.3) is 0 Å². The van der Waals surface area contributed by atoms with E-state index in [2.05, 4.69) is 21.7 Å². The van der Waals surface area contributed by atoms with E-state index in [9.17, 15) is 4.79 Å². The number of carboxylic acids is 1. The summed E-state index contributed by atoms with van der Waals surface area (Å²) in [4.78, 5) is 10.6. The summed E-state index contributed by atoms with van der Waals surface area (Å²) in [5, 5.41) is 17.7. The molecule has 1 aliphatic carbocycles. The van der Waals surface area contributed by atoms with Crippen LogP contribution in [0.3, 0.4) is 0 Å². The highest BCUT2D eigenvalue weighted by Crippen LogP contribution is 2.30. The van der Waals surface area contributed by atoms with E-state index in [0.717, 1.165) is 36.3 Å². The Bertz CT molecular complexity index is 415. The Labute approximate surface area is 111 Å². The van der Waals surface area contributed by atoms with Gasteiger partial charge in [-0.25, -0.2) is 0 Å². The summed E-state index contributed by atoms with van der Waals surface area (Å²) in [7, 11) is 0. The third-order valence-corrected chi connectivity index (χ3v) is 4.37. The fraction of sp³-hybridized carbons (Fsp3) is 0.750. The number of aromatic nitrogens is 3. The van der Waals surface area contributed by atoms with Crippen molar-refractivity contribution >= 4 is 17.7 Å². The summed E-state index contributed by atoms with van der Waals surface area (Å²) >= 11 is 1.26. The second-order valence-corrected chi connectivity index (χ2v) is 5.61. The van der Waals surface area contributed by atoms with E-state index in [-0.39, 0.29) is 5.75 Å². The Kier molecular flexibility index (Phi) is 4.63. The van der Waals surface area contributed by atoms with Crippen molar-refractivity contribution in [2.45, 2.75) is 50.7 Å². The number of aliphatic carboxylic acids is 1. The highest BCUT2D eigenvalue weighted by Gasteiger charge is 2.19. The predicted octanol–water partition coefficient (Wildman–Crippen LogP) is 2.21. The van der Waals surface area contributed by atoms with Crippen LogP contribution in [0.1, 0.15) is 38.4 Å². The zero-order valence-electron chi connectivity index (χ0n) is 10.6. The lowest BCUT2D eigenvalue weighted by atomic mass is 9.83. The Morgan fingerprint density at radius 2 is 2.28 bits per heavy atom. The molecular formula is C12H19N3O2S. The van der Waals surface area contributed by atoms with Crippen molar-refractivity contribution in [3.8, 4) is 0 Å². The molecule has 1 heterocycles. The first-order valence-electron chi connectivity index (χ1n) is 6.47. The third-order valence-electron chi connectivity index (χ3n) is 3.42. The van der Waals surface area contributed by atoms with E-state index in [4.69, 9.17) is 5.11 Å². The van der Waals surface area contributed by atoms with Gasteiger partial charge >= 0.3 is 5.97 Å². The maximum absolute atomic E-state index is 10.6. The minimum atomic E-state index is -0.813. The number of thioether (sulfide) groups is 1. The van der Waals surface area contributed by atoms with Crippen molar-refractivity contribution in [2.24, 2.45) is 5.92 Å². The molecule has 0 atom stereocenters. The molecule has 1 aromatic heterocycles. The molecule has 5 nitrogen and oxygen atoms in total. The molecule has 1 N–H and O–H groups in total. The molecule has 0 aromatic carbocycles. The normalized spacial score (nSPS) is 15.6. The molecule has 6 heteroatoms. The Hall–Kier alpha value is -1.04. The first-order valence-corrected chi connectivity index (χ1v) is 7.46. The number of hydrogen-bond donors (Lipinski definition) is 1. The molecule has 18 heavy (non-hydrogen) atoms. The van der Waals surface area contributed by atoms with Crippen LogP contribution in [0.2, 0.25) is 0 Å². The van der Waals surface area contributed by atoms with Gasteiger partial charge in [-0.15, -0.1) is 10.2 Å². The molecule has 100 valence electrons. The molecule has 0 bridgehead atoms. The maximum Gasteiger partial charge on any atom is 0.313 e. The second-order valence-electron chi connectivity index (χ2n) is 4.67. The maximum atomic E-state index is 10.6. The number of aryl methyl sites for hydroxylation is 1. The van der Waals surface area contributed by atoms with Crippen LogP contribution < -0.4 is 0 Å². The third kappa shape index (κ3) is 3.25. The summed E-state index contributed by atoms with van der Waals surface area (Å²) < 4.78 is 2.09. The standard InChI is InChI=1S/C12H19N3O2S/c1-2-10-13-14-12(18-8-11(16)17)15(10)7-6-9-4-3-5-9/h9H,2-8H2,1H3,(H,16,17). The molecule has 0 radical (unpaired) electrons. The number of rotatable bonds is 7. The molecule has 1 aliphatic rings. The van der Waals surface area contributed by atoms with Gasteiger partial charge in [0.2, 0.25) is 0 Å². The fourth-order valence-electron chi connectivity index (χ4n) is 2.13. The van der Waals surface area contributed by atoms with Crippen LogP contribution >= 0.6 is 11.8 Å². The van der Waals surface area contributed by atoms with Crippen LogP contribution in [-0.2, 0) is 17.8 Å². The minimum Gasteiger partial charge on any atom is -0.481 e. The smallest absolute Gasteiger partial charge is 0.313 e. The predicted molar refractivity (Wildman–Crippen MR) is 69.7 cm³/mol. The highest BCUT2D eigenvalue weighted by molar-refractivity contribution is 7.99. The first-order chi connectivity index (χ1) is 8.70. The van der Waals surface area contributed by atoms with Crippen molar-refractivity contribution in [1.29, 1.82) is 0 Å². The number of carbonyl (C=O) groups is 1. The van der Waals surface area contributed by atoms with E-state index >= 15 is 0 Å². The SMILES string of the molecule is CCc1nnc(SCC(=O)O)n1CCC1CCC1. The van der Waals surface area contributed by atoms with Crippen molar-refractivity contribution in [2.75, 3.05) is 5.75 Å². The lowest BCUT2D eigenvalue weighted by molar-refractivity contribution is -0.133. The molecular weight excluding hydrogens is 250 g/mol. The molecule has 1 aromatic rings. The van der Waals surface area contributed by atoms with Gasteiger partial charge in [0.1, 0.15) is 5.82 Å². The average Bonchev–Trinajstić information content (AvgIpc) is 2.67. The van der Waals surface area contributed by atoms with Crippen LogP contribution in [0.25, 0.3) is 0 Å². The lowest BCUT2D eigenvalue weighted by Crippen LogP contribution is -2.15. The first kappa shape index (κ1) is 13.4. The number of hydrogen-bond acceptors (Lipinski definition) is 4. The van der Waals surface area contributed by atoms with E-state index in [1.54, 1.807) is 0 Å². The van der Waals surface area contributed by atoms with Gasteiger partial charge in [-0.3, -0.25) is 4.79 Å². The van der Waals surface area contributed by atoms with Crippen molar-refractivity contribution in [1.82, 2.24) is 14.8 Å². The Morgan fingerprint density at radius 3 is 2.83 bits per heavy atom. The van der Waals surface area contributed by atoms with Crippen LogP contribution in [0.5, 0.6) is 0 Å². The Balaban J connectivity index is 1.98. The highest BCUT2D eigenvalue weighted by atomic mass is 32.2. The van der Waals surface area contributed by atoms with E-state index < -0.39 is 5.97 Å². The quantitative estimate of drug-likeness (QED) is 0.769. The van der Waals surface area contributed by atoms with E-state index in [1.165, 1.54) is 31.0 Å². The van der Waals surface area contributed by atoms with Crippen LogP contribution in [0.4, 0.5) is 0 Å². The van der Waals surface area contributed by atoms with Gasteiger partial charge in [0, 0.05) is 13.0 Å². The van der Waals surface area contributed by atoms with Gasteiger partial charge in [-0.2, -0.15) is 0 Å². The zero-order chi connectivity index (χ0) is 13.0. The molecule has 0 saturated heterocycles. The second kappa shape index (κ2) is 6.22. The van der Waals surface area contributed by atoms with Crippen LogP contribution in [0.15, 0.2) is 5.16 Å². The summed E-state index contributed by atoms with van der Waals surface area (Å²) in [6.07, 6.45) is 6.02. The number of nitrogens with zero attached hydrogens (tertiary/aromatic N) is 3. The van der Waals surface area contributed by atoms with Crippen molar-refractivity contribution in [3.63, 3.8) is 0 Å². The largest absolute Gasteiger partial charge is 0.481 e. The van der Waals surface area contributed by atoms with Crippen LogP contribution in [-0.4, -0.2) is 31.6 Å². The minimum absolute atomic E-state index is 0.0469. The lowest BCUT2D eigenvalue weighted by Gasteiger charge is -2.25. The van der Waals surface area contributed by atoms with Gasteiger partial charge in [-0.1, -0.05) is 37.9 Å². The molecule has 0 amide bonds. The molecule has 0 aliphatic heterocycles. The Morgan fingerprint density at radius 1 is 1.50 bits per heavy atom. The van der Waals surface area contributed by atoms with Crippen LogP contribution in [0, 0.1) is 5.92 Å². The summed E-state index contributed by atoms with van der Waals surface area (Å²) in [5.74, 6) is 1.04. The average molecular weight is 269 g/mol. The number of carboxylic acid groups (broad SMARTS) is 1. The van der Waals surface area contributed by atoms with Crippen molar-refractivity contribution in [3.05, 3.63) is 5.82 Å². The monoisotopic (exact) mass is 269 g/mol. The molecule has 0 unspecified atom stereocenters. The summed E-state index contributed by atoms with van der Waals surface area (Å²) in [6, 6.07) is 0. The molecule has 1 fully saturated rings. The zero-order valence-corrected chi connectivity index (χ0v) is 11.4. The molecule has 1 saturated carbocycles. The van der Waals surface area contributed by atoms with Gasteiger partial charge in [0.05, 0.1) is 5.75 Å². The topological polar surface area (TPSA) is 68.0 Å². The summed E-state index contributed by atoms with van der Waals surface area (Å²) in [5.41, 5.74) is 0. The fourth-order valence-corrected chi connectivity index (χ4v) is 2.83.